The molecule has 1 heterocycles. The molecule has 1 aromatic heterocycles. The zero-order valence-electron chi connectivity index (χ0n) is 10.3. The molecular weight excluding hydrogens is 279 g/mol. The number of nitrogens with two attached hydrogens (primary N) is 1. The van der Waals surface area contributed by atoms with Crippen molar-refractivity contribution in [1.29, 1.82) is 0 Å². The minimum atomic E-state index is -0.539. The van der Waals surface area contributed by atoms with Gasteiger partial charge in [-0.3, -0.25) is 9.36 Å². The Balaban J connectivity index is 2.36. The Morgan fingerprint density at radius 1 is 1.10 bits per heavy atom. The lowest BCUT2D eigenvalue weighted by atomic mass is 10.1. The lowest BCUT2D eigenvalue weighted by Crippen LogP contribution is -2.21. The van der Waals surface area contributed by atoms with Crippen molar-refractivity contribution in [2.45, 2.75) is 0 Å². The van der Waals surface area contributed by atoms with Crippen LogP contribution < -0.4 is 11.3 Å². The molecule has 0 atom stereocenters. The van der Waals surface area contributed by atoms with Gasteiger partial charge in [0.25, 0.3) is 5.56 Å². The van der Waals surface area contributed by atoms with E-state index >= 15 is 0 Å². The molecular formula is C15H10ClFN2O. The number of fused-ring (bicyclic) bond motifs is 1. The van der Waals surface area contributed by atoms with Gasteiger partial charge in [-0.05, 0) is 35.7 Å². The van der Waals surface area contributed by atoms with Crippen molar-refractivity contribution in [3.05, 3.63) is 69.7 Å². The van der Waals surface area contributed by atoms with Gasteiger partial charge in [-0.25, -0.2) is 4.39 Å². The molecule has 0 aliphatic heterocycles. The van der Waals surface area contributed by atoms with Crippen molar-refractivity contribution in [3.63, 3.8) is 0 Å². The number of hydrogen-bond acceptors (Lipinski definition) is 2. The number of nitrogens with zero attached hydrogens (tertiary/aromatic N) is 1. The minimum absolute atomic E-state index is 0.0537. The summed E-state index contributed by atoms with van der Waals surface area (Å²) in [6.07, 6.45) is 0. The Morgan fingerprint density at radius 3 is 2.60 bits per heavy atom. The molecule has 3 aromatic rings. The monoisotopic (exact) mass is 288 g/mol. The Kier molecular flexibility index (Phi) is 2.95. The zero-order chi connectivity index (χ0) is 14.3. The Bertz CT molecular complexity index is 873. The number of hydrogen-bond donors (Lipinski definition) is 1. The second kappa shape index (κ2) is 4.65. The van der Waals surface area contributed by atoms with Crippen LogP contribution >= 0.6 is 11.6 Å². The smallest absolute Gasteiger partial charge is 0.264 e. The second-order valence-corrected chi connectivity index (χ2v) is 4.80. The molecule has 20 heavy (non-hydrogen) atoms. The van der Waals surface area contributed by atoms with Gasteiger partial charge >= 0.3 is 0 Å². The van der Waals surface area contributed by atoms with Crippen molar-refractivity contribution >= 4 is 28.2 Å². The van der Waals surface area contributed by atoms with E-state index < -0.39 is 5.82 Å². The normalized spacial score (nSPS) is 10.9. The number of benzene rings is 2. The summed E-state index contributed by atoms with van der Waals surface area (Å²) in [5.41, 5.74) is 6.11. The van der Waals surface area contributed by atoms with Crippen LogP contribution in [0.3, 0.4) is 0 Å². The fourth-order valence-corrected chi connectivity index (χ4v) is 2.34. The second-order valence-electron chi connectivity index (χ2n) is 4.40. The first-order chi connectivity index (χ1) is 9.58. The largest absolute Gasteiger partial charge is 0.385 e. The van der Waals surface area contributed by atoms with E-state index in [1.54, 1.807) is 18.2 Å². The van der Waals surface area contributed by atoms with Gasteiger partial charge in [-0.15, -0.1) is 0 Å². The van der Waals surface area contributed by atoms with Crippen molar-refractivity contribution in [2.24, 2.45) is 0 Å². The van der Waals surface area contributed by atoms with Crippen LogP contribution in [0.5, 0.6) is 0 Å². The predicted molar refractivity (Wildman–Crippen MR) is 78.9 cm³/mol. The van der Waals surface area contributed by atoms with Crippen LogP contribution in [0.15, 0.2) is 53.3 Å². The highest BCUT2D eigenvalue weighted by molar-refractivity contribution is 6.30. The summed E-state index contributed by atoms with van der Waals surface area (Å²) in [6, 6.07) is 12.9. The first-order valence-electron chi connectivity index (χ1n) is 5.93. The molecule has 3 nitrogen and oxygen atoms in total. The van der Waals surface area contributed by atoms with E-state index in [4.69, 9.17) is 17.3 Å². The SMILES string of the molecule is Nc1cc2ccccc2c(=O)n1-c1ccc(F)c(Cl)c1. The van der Waals surface area contributed by atoms with Crippen LogP contribution in [-0.2, 0) is 0 Å². The quantitative estimate of drug-likeness (QED) is 0.746. The predicted octanol–water partition coefficient (Wildman–Crippen LogP) is 3.37. The van der Waals surface area contributed by atoms with Crippen LogP contribution in [-0.4, -0.2) is 4.57 Å². The fraction of sp³-hybridized carbons (Fsp3) is 0. The molecule has 100 valence electrons. The van der Waals surface area contributed by atoms with Crippen LogP contribution in [0.4, 0.5) is 10.2 Å². The third-order valence-electron chi connectivity index (χ3n) is 3.12. The van der Waals surface area contributed by atoms with E-state index in [0.717, 1.165) is 5.39 Å². The van der Waals surface area contributed by atoms with E-state index in [0.29, 0.717) is 11.1 Å². The van der Waals surface area contributed by atoms with Gasteiger partial charge in [-0.1, -0.05) is 29.8 Å². The van der Waals surface area contributed by atoms with Crippen molar-refractivity contribution in [2.75, 3.05) is 5.73 Å². The number of halogens is 2. The summed E-state index contributed by atoms with van der Waals surface area (Å²) in [6.45, 7) is 0. The first-order valence-corrected chi connectivity index (χ1v) is 6.31. The summed E-state index contributed by atoms with van der Waals surface area (Å²) in [7, 11) is 0. The summed E-state index contributed by atoms with van der Waals surface area (Å²) < 4.78 is 14.5. The summed E-state index contributed by atoms with van der Waals surface area (Å²) in [4.78, 5) is 12.5. The molecule has 0 saturated carbocycles. The van der Waals surface area contributed by atoms with Gasteiger partial charge in [0.1, 0.15) is 11.6 Å². The maximum atomic E-state index is 13.2. The fourth-order valence-electron chi connectivity index (χ4n) is 2.17. The standard InChI is InChI=1S/C15H10ClFN2O/c16-12-8-10(5-6-13(12)17)19-14(18)7-9-3-1-2-4-11(9)15(19)20/h1-8H,18H2. The first kappa shape index (κ1) is 12.7. The lowest BCUT2D eigenvalue weighted by Gasteiger charge is -2.11. The number of pyridine rings is 1. The molecule has 0 unspecified atom stereocenters. The van der Waals surface area contributed by atoms with Gasteiger partial charge in [0.2, 0.25) is 0 Å². The molecule has 0 aliphatic carbocycles. The highest BCUT2D eigenvalue weighted by atomic mass is 35.5. The van der Waals surface area contributed by atoms with Crippen molar-refractivity contribution in [1.82, 2.24) is 4.57 Å². The van der Waals surface area contributed by atoms with E-state index in [-0.39, 0.29) is 16.4 Å². The van der Waals surface area contributed by atoms with Gasteiger partial charge in [0, 0.05) is 5.39 Å². The molecule has 0 amide bonds. The number of aromatic nitrogens is 1. The zero-order valence-corrected chi connectivity index (χ0v) is 11.1. The highest BCUT2D eigenvalue weighted by Gasteiger charge is 2.10. The average molecular weight is 289 g/mol. The molecule has 5 heteroatoms. The van der Waals surface area contributed by atoms with Gasteiger partial charge < -0.3 is 5.73 Å². The van der Waals surface area contributed by atoms with E-state index in [2.05, 4.69) is 0 Å². The van der Waals surface area contributed by atoms with E-state index in [1.165, 1.54) is 22.8 Å². The summed E-state index contributed by atoms with van der Waals surface area (Å²) in [5, 5.41) is 1.25. The van der Waals surface area contributed by atoms with E-state index in [9.17, 15) is 9.18 Å². The Hall–Kier alpha value is -2.33. The van der Waals surface area contributed by atoms with Crippen molar-refractivity contribution in [3.8, 4) is 5.69 Å². The van der Waals surface area contributed by atoms with Gasteiger partial charge in [0.15, 0.2) is 0 Å². The molecule has 0 spiro atoms. The summed E-state index contributed by atoms with van der Waals surface area (Å²) in [5.74, 6) is -0.265. The molecule has 2 N–H and O–H groups in total. The van der Waals surface area contributed by atoms with Gasteiger partial charge in [-0.2, -0.15) is 0 Å². The Labute approximate surface area is 119 Å². The number of nitrogen functional groups attached to an aromatic ring is 1. The highest BCUT2D eigenvalue weighted by Crippen LogP contribution is 2.21. The van der Waals surface area contributed by atoms with Crippen LogP contribution in [0.1, 0.15) is 0 Å². The van der Waals surface area contributed by atoms with Crippen LogP contribution in [0.25, 0.3) is 16.5 Å². The molecule has 0 radical (unpaired) electrons. The topological polar surface area (TPSA) is 48.0 Å². The third-order valence-corrected chi connectivity index (χ3v) is 3.41. The van der Waals surface area contributed by atoms with Crippen LogP contribution in [0, 0.1) is 5.82 Å². The lowest BCUT2D eigenvalue weighted by molar-refractivity contribution is 0.628. The van der Waals surface area contributed by atoms with E-state index in [1.807, 2.05) is 12.1 Å². The molecule has 2 aromatic carbocycles. The van der Waals surface area contributed by atoms with Crippen LogP contribution in [0.2, 0.25) is 5.02 Å². The molecule has 0 saturated heterocycles. The Morgan fingerprint density at radius 2 is 1.85 bits per heavy atom. The summed E-state index contributed by atoms with van der Waals surface area (Å²) >= 11 is 5.76. The van der Waals surface area contributed by atoms with Gasteiger partial charge in [0.05, 0.1) is 10.7 Å². The average Bonchev–Trinajstić information content (AvgIpc) is 2.43. The number of anilines is 1. The maximum absolute atomic E-state index is 13.2. The third kappa shape index (κ3) is 1.94. The van der Waals surface area contributed by atoms with Crippen molar-refractivity contribution < 1.29 is 4.39 Å². The molecule has 3 rings (SSSR count). The molecule has 0 bridgehead atoms. The minimum Gasteiger partial charge on any atom is -0.385 e. The molecule has 0 aliphatic rings. The maximum Gasteiger partial charge on any atom is 0.264 e. The number of rotatable bonds is 1. The molecule has 0 fully saturated rings.